The van der Waals surface area contributed by atoms with Gasteiger partial charge in [-0.25, -0.2) is 4.98 Å². The fourth-order valence-electron chi connectivity index (χ4n) is 1.66. The molecule has 0 aliphatic rings. The molecular weight excluding hydrogens is 282 g/mol. The number of H-pyrrole nitrogens is 1. The van der Waals surface area contributed by atoms with E-state index < -0.39 is 11.5 Å². The van der Waals surface area contributed by atoms with Crippen LogP contribution in [0.25, 0.3) is 11.2 Å². The molecule has 0 aliphatic heterocycles. The number of rotatable bonds is 6. The molecule has 10 heteroatoms. The smallest absolute Gasteiger partial charge is 0.302 e. The predicted octanol–water partition coefficient (Wildman–Crippen LogP) is -0.948. The van der Waals surface area contributed by atoms with Gasteiger partial charge in [-0.05, 0) is 0 Å². The second kappa shape index (κ2) is 6.13. The number of nitrogens with zero attached hydrogens (tertiary/aromatic N) is 3. The Morgan fingerprint density at radius 2 is 2.19 bits per heavy atom. The van der Waals surface area contributed by atoms with Gasteiger partial charge in [-0.2, -0.15) is 4.98 Å². The molecule has 0 fully saturated rings. The number of aromatic amines is 1. The van der Waals surface area contributed by atoms with Crippen molar-refractivity contribution in [1.82, 2.24) is 19.5 Å². The molecule has 0 bridgehead atoms. The van der Waals surface area contributed by atoms with E-state index in [1.807, 2.05) is 0 Å². The lowest BCUT2D eigenvalue weighted by Gasteiger charge is -2.07. The van der Waals surface area contributed by atoms with Gasteiger partial charge in [0.1, 0.15) is 13.3 Å². The number of ether oxygens (including phenoxy) is 2. The van der Waals surface area contributed by atoms with Gasteiger partial charge in [0, 0.05) is 6.92 Å². The molecule has 0 aliphatic carbocycles. The highest BCUT2D eigenvalue weighted by Crippen LogP contribution is 2.10. The first-order valence-corrected chi connectivity index (χ1v) is 5.95. The number of aldehydes is 1. The summed E-state index contributed by atoms with van der Waals surface area (Å²) < 4.78 is 11.3. The van der Waals surface area contributed by atoms with Gasteiger partial charge in [-0.3, -0.25) is 23.9 Å². The van der Waals surface area contributed by atoms with Crippen molar-refractivity contribution < 1.29 is 19.1 Å². The van der Waals surface area contributed by atoms with Crippen LogP contribution in [0.5, 0.6) is 0 Å². The Kier molecular flexibility index (Phi) is 4.28. The Hall–Kier alpha value is -2.75. The number of hydrogen-bond donors (Lipinski definition) is 2. The van der Waals surface area contributed by atoms with Crippen LogP contribution in [-0.2, 0) is 21.0 Å². The van der Waals surface area contributed by atoms with E-state index in [9.17, 15) is 14.4 Å². The van der Waals surface area contributed by atoms with Crippen LogP contribution in [0, 0.1) is 0 Å². The van der Waals surface area contributed by atoms with E-state index in [1.165, 1.54) is 11.5 Å². The van der Waals surface area contributed by atoms with E-state index in [0.29, 0.717) is 6.29 Å². The number of fused-ring (bicyclic) bond motifs is 1. The molecule has 2 heterocycles. The molecule has 0 spiro atoms. The van der Waals surface area contributed by atoms with Gasteiger partial charge in [-0.1, -0.05) is 0 Å². The highest BCUT2D eigenvalue weighted by atomic mass is 16.6. The Bertz CT molecular complexity index is 734. The minimum atomic E-state index is -0.542. The van der Waals surface area contributed by atoms with Gasteiger partial charge in [0.15, 0.2) is 23.3 Å². The number of anilines is 1. The minimum Gasteiger partial charge on any atom is -0.463 e. The van der Waals surface area contributed by atoms with E-state index in [1.54, 1.807) is 0 Å². The summed E-state index contributed by atoms with van der Waals surface area (Å²) >= 11 is 0. The Morgan fingerprint density at radius 3 is 2.86 bits per heavy atom. The van der Waals surface area contributed by atoms with Crippen LogP contribution < -0.4 is 11.3 Å². The third-order valence-corrected chi connectivity index (χ3v) is 2.51. The fourth-order valence-corrected chi connectivity index (χ4v) is 1.66. The van der Waals surface area contributed by atoms with Crippen molar-refractivity contribution in [3.63, 3.8) is 0 Å². The molecule has 112 valence electrons. The van der Waals surface area contributed by atoms with Gasteiger partial charge >= 0.3 is 5.97 Å². The summed E-state index contributed by atoms with van der Waals surface area (Å²) in [6.07, 6.45) is 0.479. The van der Waals surface area contributed by atoms with Crippen LogP contribution in [0.2, 0.25) is 0 Å². The van der Waals surface area contributed by atoms with Gasteiger partial charge < -0.3 is 15.2 Å². The van der Waals surface area contributed by atoms with Gasteiger partial charge in [-0.15, -0.1) is 0 Å². The largest absolute Gasteiger partial charge is 0.463 e. The highest BCUT2D eigenvalue weighted by Gasteiger charge is 2.15. The maximum absolute atomic E-state index is 11.7. The molecule has 21 heavy (non-hydrogen) atoms. The maximum Gasteiger partial charge on any atom is 0.302 e. The molecule has 0 atom stereocenters. The lowest BCUT2D eigenvalue weighted by molar-refractivity contribution is -0.142. The monoisotopic (exact) mass is 295 g/mol. The van der Waals surface area contributed by atoms with Crippen molar-refractivity contribution >= 4 is 29.4 Å². The predicted molar refractivity (Wildman–Crippen MR) is 70.5 cm³/mol. The normalized spacial score (nSPS) is 10.7. The van der Waals surface area contributed by atoms with Crippen molar-refractivity contribution in [2.75, 3.05) is 18.9 Å². The number of nitrogens with two attached hydrogens (primary N) is 1. The van der Waals surface area contributed by atoms with E-state index in [2.05, 4.69) is 15.0 Å². The number of nitrogen functional groups attached to an aromatic ring is 1. The number of carbonyl (C=O) groups excluding carboxylic acids is 2. The Morgan fingerprint density at radius 1 is 1.43 bits per heavy atom. The van der Waals surface area contributed by atoms with Crippen LogP contribution in [0.4, 0.5) is 5.95 Å². The molecule has 2 rings (SSSR count). The van der Waals surface area contributed by atoms with E-state index in [0.717, 1.165) is 0 Å². The van der Waals surface area contributed by atoms with Gasteiger partial charge in [0.05, 0.1) is 6.61 Å². The second-order valence-electron chi connectivity index (χ2n) is 4.02. The standard InChI is InChI=1S/C11H13N5O5/c1-6(18)21-3-2-20-5-16-7(4-17)13-8-9(16)14-11(12)15-10(8)19/h4H,2-3,5H2,1H3,(H3,12,14,15,19). The Balaban J connectivity index is 2.20. The molecule has 2 aromatic heterocycles. The molecule has 10 nitrogen and oxygen atoms in total. The first kappa shape index (κ1) is 14.7. The zero-order valence-electron chi connectivity index (χ0n) is 11.2. The molecule has 0 saturated heterocycles. The summed E-state index contributed by atoms with van der Waals surface area (Å²) in [5.74, 6) is -0.520. The summed E-state index contributed by atoms with van der Waals surface area (Å²) in [7, 11) is 0. The third-order valence-electron chi connectivity index (χ3n) is 2.51. The number of imidazole rings is 1. The molecule has 3 N–H and O–H groups in total. The molecule has 0 saturated carbocycles. The van der Waals surface area contributed by atoms with E-state index in [4.69, 9.17) is 15.2 Å². The van der Waals surface area contributed by atoms with Gasteiger partial charge in [0.25, 0.3) is 5.56 Å². The summed E-state index contributed by atoms with van der Waals surface area (Å²) in [5, 5.41) is 0. The number of aromatic nitrogens is 4. The lowest BCUT2D eigenvalue weighted by Crippen LogP contribution is -2.14. The second-order valence-corrected chi connectivity index (χ2v) is 4.02. The Labute approximate surface area is 117 Å². The van der Waals surface area contributed by atoms with Crippen molar-refractivity contribution in [3.8, 4) is 0 Å². The SMILES string of the molecule is CC(=O)OCCOCn1c(C=O)nc2c(=O)[nH]c(N)nc21. The van der Waals surface area contributed by atoms with Gasteiger partial charge in [0.2, 0.25) is 5.95 Å². The van der Waals surface area contributed by atoms with E-state index >= 15 is 0 Å². The zero-order chi connectivity index (χ0) is 15.4. The fraction of sp³-hybridized carbons (Fsp3) is 0.364. The van der Waals surface area contributed by atoms with Crippen LogP contribution in [0.15, 0.2) is 4.79 Å². The van der Waals surface area contributed by atoms with E-state index in [-0.39, 0.29) is 42.9 Å². The maximum atomic E-state index is 11.7. The number of esters is 1. The number of nitrogens with one attached hydrogen (secondary N) is 1. The summed E-state index contributed by atoms with van der Waals surface area (Å²) in [6, 6.07) is 0. The first-order chi connectivity index (χ1) is 10.0. The average Bonchev–Trinajstić information content (AvgIpc) is 2.76. The molecule has 2 aromatic rings. The zero-order valence-corrected chi connectivity index (χ0v) is 11.2. The van der Waals surface area contributed by atoms with Crippen LogP contribution in [-0.4, -0.2) is 45.0 Å². The topological polar surface area (TPSA) is 142 Å². The molecule has 0 radical (unpaired) electrons. The minimum absolute atomic E-state index is 0.00474. The van der Waals surface area contributed by atoms with Crippen molar-refractivity contribution in [2.45, 2.75) is 13.7 Å². The summed E-state index contributed by atoms with van der Waals surface area (Å²) in [4.78, 5) is 43.3. The van der Waals surface area contributed by atoms with Crippen LogP contribution in [0.3, 0.4) is 0 Å². The van der Waals surface area contributed by atoms with Crippen molar-refractivity contribution in [3.05, 3.63) is 16.2 Å². The van der Waals surface area contributed by atoms with Crippen molar-refractivity contribution in [1.29, 1.82) is 0 Å². The molecule has 0 unspecified atom stereocenters. The molecular formula is C11H13N5O5. The molecule has 0 aromatic carbocycles. The average molecular weight is 295 g/mol. The molecule has 0 amide bonds. The first-order valence-electron chi connectivity index (χ1n) is 5.95. The third kappa shape index (κ3) is 3.23. The van der Waals surface area contributed by atoms with Crippen LogP contribution in [0.1, 0.15) is 17.5 Å². The van der Waals surface area contributed by atoms with Crippen molar-refractivity contribution in [2.24, 2.45) is 0 Å². The number of carbonyl (C=O) groups is 2. The quantitative estimate of drug-likeness (QED) is 0.394. The summed E-state index contributed by atoms with van der Waals surface area (Å²) in [5.41, 5.74) is 5.06. The highest BCUT2D eigenvalue weighted by molar-refractivity contribution is 5.80. The summed E-state index contributed by atoms with van der Waals surface area (Å²) in [6.45, 7) is 1.40. The van der Waals surface area contributed by atoms with Crippen LogP contribution >= 0.6 is 0 Å². The number of hydrogen-bond acceptors (Lipinski definition) is 8. The lowest BCUT2D eigenvalue weighted by atomic mass is 10.5.